The van der Waals surface area contributed by atoms with Gasteiger partial charge in [-0.3, -0.25) is 4.72 Å². The monoisotopic (exact) mass is 207 g/mol. The van der Waals surface area contributed by atoms with Gasteiger partial charge in [-0.2, -0.15) is 13.2 Å². The van der Waals surface area contributed by atoms with E-state index in [0.29, 0.717) is 0 Å². The second-order valence-corrected chi connectivity index (χ2v) is 2.77. The highest BCUT2D eigenvalue weighted by atomic mass is 32.1. The normalized spacial score (nSPS) is 14.2. The van der Waals surface area contributed by atoms with Gasteiger partial charge < -0.3 is 0 Å². The number of thiol groups is 1. The maximum absolute atomic E-state index is 12.3. The molecule has 1 aromatic carbocycles. The predicted molar refractivity (Wildman–Crippen MR) is 47.4 cm³/mol. The Morgan fingerprint density at radius 1 is 1.15 bits per heavy atom. The van der Waals surface area contributed by atoms with E-state index in [2.05, 4.69) is 12.8 Å². The maximum atomic E-state index is 12.3. The molecule has 0 aliphatic heterocycles. The van der Waals surface area contributed by atoms with Crippen LogP contribution in [0.5, 0.6) is 0 Å². The van der Waals surface area contributed by atoms with Crippen molar-refractivity contribution >= 4 is 12.8 Å². The van der Waals surface area contributed by atoms with E-state index in [9.17, 15) is 13.2 Å². The first-order valence-electron chi connectivity index (χ1n) is 3.57. The number of hydrogen-bond donors (Lipinski definition) is 2. The molecule has 0 amide bonds. The van der Waals surface area contributed by atoms with Crippen LogP contribution in [0.1, 0.15) is 11.6 Å². The summed E-state index contributed by atoms with van der Waals surface area (Å²) in [5, 5.41) is 0. The third kappa shape index (κ3) is 2.63. The lowest BCUT2D eigenvalue weighted by Gasteiger charge is -2.18. The molecule has 0 heterocycles. The molecule has 5 heteroatoms. The SMILES string of the molecule is FC(F)(F)C(NS)c1ccccc1. The van der Waals surface area contributed by atoms with E-state index in [4.69, 9.17) is 0 Å². The topological polar surface area (TPSA) is 12.0 Å². The van der Waals surface area contributed by atoms with Gasteiger partial charge in [-0.1, -0.05) is 43.1 Å². The van der Waals surface area contributed by atoms with E-state index in [1.165, 1.54) is 12.1 Å². The highest BCUT2D eigenvalue weighted by molar-refractivity contribution is 7.78. The van der Waals surface area contributed by atoms with E-state index in [1.807, 2.05) is 4.72 Å². The van der Waals surface area contributed by atoms with Crippen molar-refractivity contribution in [1.29, 1.82) is 0 Å². The zero-order chi connectivity index (χ0) is 9.90. The molecule has 0 spiro atoms. The Hall–Kier alpha value is -0.680. The molecule has 1 rings (SSSR count). The first-order chi connectivity index (χ1) is 6.05. The Bertz CT molecular complexity index is 260. The number of rotatable bonds is 2. The lowest BCUT2D eigenvalue weighted by molar-refractivity contribution is -0.152. The molecule has 1 atom stereocenters. The number of hydrogen-bond acceptors (Lipinski definition) is 2. The number of benzene rings is 1. The zero-order valence-corrected chi connectivity index (χ0v) is 7.44. The van der Waals surface area contributed by atoms with Gasteiger partial charge in [0, 0.05) is 0 Å². The van der Waals surface area contributed by atoms with E-state index in [1.54, 1.807) is 18.2 Å². The first-order valence-corrected chi connectivity index (χ1v) is 4.01. The van der Waals surface area contributed by atoms with Crippen molar-refractivity contribution in [1.82, 2.24) is 4.72 Å². The lowest BCUT2D eigenvalue weighted by atomic mass is 10.1. The van der Waals surface area contributed by atoms with Crippen molar-refractivity contribution in [3.63, 3.8) is 0 Å². The largest absolute Gasteiger partial charge is 0.408 e. The molecule has 0 fully saturated rings. The molecule has 0 saturated heterocycles. The van der Waals surface area contributed by atoms with Gasteiger partial charge in [0.25, 0.3) is 0 Å². The second kappa shape index (κ2) is 4.02. The molecular weight excluding hydrogens is 199 g/mol. The highest BCUT2D eigenvalue weighted by Crippen LogP contribution is 2.32. The van der Waals surface area contributed by atoms with Crippen LogP contribution in [0.3, 0.4) is 0 Å². The van der Waals surface area contributed by atoms with Gasteiger partial charge in [0.05, 0.1) is 0 Å². The third-order valence-corrected chi connectivity index (χ3v) is 1.85. The summed E-state index contributed by atoms with van der Waals surface area (Å²) < 4.78 is 38.8. The Morgan fingerprint density at radius 3 is 2.08 bits per heavy atom. The average Bonchev–Trinajstić information content (AvgIpc) is 2.05. The van der Waals surface area contributed by atoms with Gasteiger partial charge in [0.15, 0.2) is 0 Å². The van der Waals surface area contributed by atoms with Crippen molar-refractivity contribution in [2.75, 3.05) is 0 Å². The zero-order valence-electron chi connectivity index (χ0n) is 6.55. The van der Waals surface area contributed by atoms with Crippen molar-refractivity contribution in [3.05, 3.63) is 35.9 Å². The van der Waals surface area contributed by atoms with E-state index in [-0.39, 0.29) is 5.56 Å². The van der Waals surface area contributed by atoms with Crippen molar-refractivity contribution in [3.8, 4) is 0 Å². The highest BCUT2D eigenvalue weighted by Gasteiger charge is 2.39. The summed E-state index contributed by atoms with van der Waals surface area (Å²) in [4.78, 5) is 0. The molecule has 1 nitrogen and oxygen atoms in total. The molecule has 1 N–H and O–H groups in total. The van der Waals surface area contributed by atoms with Crippen molar-refractivity contribution < 1.29 is 13.2 Å². The summed E-state index contributed by atoms with van der Waals surface area (Å²) in [6.45, 7) is 0. The summed E-state index contributed by atoms with van der Waals surface area (Å²) in [6.07, 6.45) is -4.32. The summed E-state index contributed by atoms with van der Waals surface area (Å²) in [5.74, 6) is 0. The molecule has 0 aliphatic carbocycles. The predicted octanol–water partition coefficient (Wildman–Crippen LogP) is 2.72. The summed E-state index contributed by atoms with van der Waals surface area (Å²) >= 11 is 3.45. The first kappa shape index (κ1) is 10.4. The van der Waals surface area contributed by atoms with Gasteiger partial charge in [-0.05, 0) is 5.56 Å². The Labute approximate surface area is 79.5 Å². The van der Waals surface area contributed by atoms with Crippen LogP contribution < -0.4 is 4.72 Å². The Morgan fingerprint density at radius 2 is 1.69 bits per heavy atom. The fraction of sp³-hybridized carbons (Fsp3) is 0.250. The van der Waals surface area contributed by atoms with Crippen LogP contribution in [0, 0.1) is 0 Å². The molecule has 0 bridgehead atoms. The van der Waals surface area contributed by atoms with Crippen LogP contribution in [0.15, 0.2) is 30.3 Å². The quantitative estimate of drug-likeness (QED) is 0.710. The molecule has 0 radical (unpaired) electrons. The van der Waals surface area contributed by atoms with E-state index < -0.39 is 12.2 Å². The standard InChI is InChI=1S/C8H8F3NS/c9-8(10,11)7(12-13)6-4-2-1-3-5-6/h1-5,7,12-13H. The molecular formula is C8H8F3NS. The molecule has 1 aromatic rings. The maximum Gasteiger partial charge on any atom is 0.408 e. The van der Waals surface area contributed by atoms with Crippen LogP contribution in [-0.2, 0) is 0 Å². The molecule has 0 aromatic heterocycles. The smallest absolute Gasteiger partial charge is 0.251 e. The van der Waals surface area contributed by atoms with Gasteiger partial charge in [-0.15, -0.1) is 0 Å². The number of nitrogens with one attached hydrogen (secondary N) is 1. The van der Waals surface area contributed by atoms with Crippen LogP contribution in [-0.4, -0.2) is 6.18 Å². The van der Waals surface area contributed by atoms with Crippen LogP contribution in [0.2, 0.25) is 0 Å². The van der Waals surface area contributed by atoms with Gasteiger partial charge in [0.2, 0.25) is 0 Å². The fourth-order valence-corrected chi connectivity index (χ4v) is 1.28. The molecule has 1 unspecified atom stereocenters. The van der Waals surface area contributed by atoms with E-state index >= 15 is 0 Å². The number of halogens is 3. The lowest BCUT2D eigenvalue weighted by Crippen LogP contribution is -2.28. The van der Waals surface area contributed by atoms with Gasteiger partial charge in [0.1, 0.15) is 6.04 Å². The Balaban J connectivity index is 2.92. The second-order valence-electron chi connectivity index (χ2n) is 2.51. The third-order valence-electron chi connectivity index (χ3n) is 1.59. The average molecular weight is 207 g/mol. The van der Waals surface area contributed by atoms with Crippen LogP contribution in [0.25, 0.3) is 0 Å². The number of alkyl halides is 3. The minimum Gasteiger partial charge on any atom is -0.251 e. The molecule has 72 valence electrons. The Kier molecular flexibility index (Phi) is 3.22. The van der Waals surface area contributed by atoms with Gasteiger partial charge in [-0.25, -0.2) is 0 Å². The molecule has 0 aliphatic rings. The van der Waals surface area contributed by atoms with Gasteiger partial charge >= 0.3 is 6.18 Å². The minimum atomic E-state index is -4.32. The van der Waals surface area contributed by atoms with E-state index in [0.717, 1.165) is 0 Å². The summed E-state index contributed by atoms with van der Waals surface area (Å²) in [7, 11) is 0. The summed E-state index contributed by atoms with van der Waals surface area (Å²) in [6, 6.07) is 5.87. The minimum absolute atomic E-state index is 0.157. The fourth-order valence-electron chi connectivity index (χ4n) is 0.982. The van der Waals surface area contributed by atoms with Crippen molar-refractivity contribution in [2.24, 2.45) is 0 Å². The molecule has 0 saturated carbocycles. The van der Waals surface area contributed by atoms with Crippen LogP contribution >= 0.6 is 12.8 Å². The molecule has 13 heavy (non-hydrogen) atoms. The van der Waals surface area contributed by atoms with Crippen molar-refractivity contribution in [2.45, 2.75) is 12.2 Å². The van der Waals surface area contributed by atoms with Crippen LogP contribution in [0.4, 0.5) is 13.2 Å². The summed E-state index contributed by atoms with van der Waals surface area (Å²) in [5.41, 5.74) is 0.157.